The fourth-order valence-corrected chi connectivity index (χ4v) is 4.34. The highest BCUT2D eigenvalue weighted by molar-refractivity contribution is 5.99. The molecule has 4 heteroatoms. The lowest BCUT2D eigenvalue weighted by Crippen LogP contribution is -2.22. The maximum Gasteiger partial charge on any atom is 0.338 e. The van der Waals surface area contributed by atoms with Crippen LogP contribution in [0.25, 0.3) is 16.3 Å². The van der Waals surface area contributed by atoms with Crippen LogP contribution in [-0.4, -0.2) is 31.9 Å². The third-order valence-corrected chi connectivity index (χ3v) is 6.10. The number of para-hydroxylation sites is 1. The molecule has 0 fully saturated rings. The van der Waals surface area contributed by atoms with Crippen molar-refractivity contribution in [3.8, 4) is 5.75 Å². The molecule has 0 bridgehead atoms. The molecule has 0 radical (unpaired) electrons. The number of hydrogen-bond acceptors (Lipinski definition) is 4. The predicted octanol–water partition coefficient (Wildman–Crippen LogP) is 6.25. The third kappa shape index (κ3) is 4.23. The summed E-state index contributed by atoms with van der Waals surface area (Å²) in [4.78, 5) is 17.0. The van der Waals surface area contributed by atoms with E-state index in [-0.39, 0.29) is 12.1 Å². The standard InChI is InChI=1S/C30H25NO3/c1-20-14-15-22(16-27(20)30(32)33-2)28-17-24(34-29-13-6-5-12-26(28)29)19-31-18-23-10-7-9-21-8-3-4-11-25(21)23/h3-18,24H,19H2,1-2H3/b31-18+/t24-/m1/s1. The van der Waals surface area contributed by atoms with Crippen molar-refractivity contribution in [2.24, 2.45) is 4.99 Å². The third-order valence-electron chi connectivity index (χ3n) is 6.10. The lowest BCUT2D eigenvalue weighted by atomic mass is 9.91. The van der Waals surface area contributed by atoms with Crippen LogP contribution in [0, 0.1) is 6.92 Å². The molecule has 5 rings (SSSR count). The summed E-state index contributed by atoms with van der Waals surface area (Å²) < 4.78 is 11.2. The Morgan fingerprint density at radius 2 is 1.79 bits per heavy atom. The zero-order chi connectivity index (χ0) is 23.5. The van der Waals surface area contributed by atoms with Crippen molar-refractivity contribution >= 4 is 28.5 Å². The normalized spacial score (nSPS) is 15.0. The fourth-order valence-electron chi connectivity index (χ4n) is 4.34. The zero-order valence-corrected chi connectivity index (χ0v) is 19.2. The van der Waals surface area contributed by atoms with Crippen molar-refractivity contribution in [3.05, 3.63) is 119 Å². The summed E-state index contributed by atoms with van der Waals surface area (Å²) in [5.74, 6) is 0.474. The van der Waals surface area contributed by atoms with Gasteiger partial charge in [0.1, 0.15) is 11.9 Å². The molecule has 1 aliphatic heterocycles. The second kappa shape index (κ2) is 9.36. The number of aryl methyl sites for hydroxylation is 1. The van der Waals surface area contributed by atoms with Crippen LogP contribution in [0.3, 0.4) is 0 Å². The zero-order valence-electron chi connectivity index (χ0n) is 19.2. The molecule has 1 aliphatic rings. The molecule has 0 aromatic heterocycles. The molecule has 1 heterocycles. The Kier molecular flexibility index (Phi) is 5.96. The van der Waals surface area contributed by atoms with Crippen LogP contribution in [0.1, 0.15) is 32.6 Å². The molecular weight excluding hydrogens is 422 g/mol. The number of ether oxygens (including phenoxy) is 2. The first-order chi connectivity index (χ1) is 16.6. The Hall–Kier alpha value is -4.18. The van der Waals surface area contributed by atoms with Crippen LogP contribution in [0.5, 0.6) is 5.75 Å². The second-order valence-electron chi connectivity index (χ2n) is 8.32. The summed E-state index contributed by atoms with van der Waals surface area (Å²) in [6.07, 6.45) is 3.79. The van der Waals surface area contributed by atoms with Crippen molar-refractivity contribution in [1.82, 2.24) is 0 Å². The molecule has 1 atom stereocenters. The van der Waals surface area contributed by atoms with Gasteiger partial charge in [-0.1, -0.05) is 72.8 Å². The summed E-state index contributed by atoms with van der Waals surface area (Å²) in [7, 11) is 1.40. The van der Waals surface area contributed by atoms with Gasteiger partial charge >= 0.3 is 5.97 Å². The van der Waals surface area contributed by atoms with Crippen LogP contribution in [0.15, 0.2) is 96.0 Å². The molecule has 4 aromatic rings. The van der Waals surface area contributed by atoms with E-state index in [1.54, 1.807) is 0 Å². The van der Waals surface area contributed by atoms with Gasteiger partial charge in [0, 0.05) is 17.3 Å². The molecule has 0 aliphatic carbocycles. The van der Waals surface area contributed by atoms with Crippen LogP contribution in [-0.2, 0) is 4.74 Å². The maximum absolute atomic E-state index is 12.3. The molecule has 0 spiro atoms. The van der Waals surface area contributed by atoms with Crippen LogP contribution in [0.2, 0.25) is 0 Å². The van der Waals surface area contributed by atoms with Gasteiger partial charge in [0.05, 0.1) is 19.2 Å². The first kappa shape index (κ1) is 21.7. The quantitative estimate of drug-likeness (QED) is 0.268. The predicted molar refractivity (Wildman–Crippen MR) is 137 cm³/mol. The summed E-state index contributed by atoms with van der Waals surface area (Å²) in [5.41, 5.74) is 5.50. The van der Waals surface area contributed by atoms with E-state index >= 15 is 0 Å². The highest BCUT2D eigenvalue weighted by Crippen LogP contribution is 2.36. The Morgan fingerprint density at radius 1 is 1.00 bits per heavy atom. The topological polar surface area (TPSA) is 47.9 Å². The summed E-state index contributed by atoms with van der Waals surface area (Å²) in [6.45, 7) is 2.39. The number of fused-ring (bicyclic) bond motifs is 2. The first-order valence-corrected chi connectivity index (χ1v) is 11.3. The van der Waals surface area contributed by atoms with Gasteiger partial charge in [-0.15, -0.1) is 0 Å². The van der Waals surface area contributed by atoms with E-state index in [0.717, 1.165) is 33.6 Å². The maximum atomic E-state index is 12.3. The number of carbonyl (C=O) groups excluding carboxylic acids is 1. The first-order valence-electron chi connectivity index (χ1n) is 11.3. The number of methoxy groups -OCH3 is 1. The molecule has 0 saturated carbocycles. The SMILES string of the molecule is COC(=O)c1cc(C2=C[C@H](C/N=C/c3cccc4ccccc34)Oc3ccccc32)ccc1C. The molecule has 168 valence electrons. The van der Waals surface area contributed by atoms with E-state index in [4.69, 9.17) is 14.5 Å². The molecule has 0 saturated heterocycles. The molecule has 4 aromatic carbocycles. The van der Waals surface area contributed by atoms with E-state index in [2.05, 4.69) is 30.3 Å². The Balaban J connectivity index is 1.47. The number of rotatable bonds is 5. The van der Waals surface area contributed by atoms with Crippen LogP contribution < -0.4 is 4.74 Å². The van der Waals surface area contributed by atoms with Gasteiger partial charge in [0.2, 0.25) is 0 Å². The highest BCUT2D eigenvalue weighted by atomic mass is 16.5. The average Bonchev–Trinajstić information content (AvgIpc) is 2.88. The second-order valence-corrected chi connectivity index (χ2v) is 8.32. The van der Waals surface area contributed by atoms with Gasteiger partial charge < -0.3 is 9.47 Å². The number of esters is 1. The van der Waals surface area contributed by atoms with Gasteiger partial charge in [-0.25, -0.2) is 4.79 Å². The fraction of sp³-hybridized carbons (Fsp3) is 0.133. The van der Waals surface area contributed by atoms with Crippen molar-refractivity contribution in [3.63, 3.8) is 0 Å². The van der Waals surface area contributed by atoms with Crippen molar-refractivity contribution in [2.45, 2.75) is 13.0 Å². The minimum absolute atomic E-state index is 0.223. The molecule has 4 nitrogen and oxygen atoms in total. The number of carbonyl (C=O) groups is 1. The average molecular weight is 448 g/mol. The van der Waals surface area contributed by atoms with Gasteiger partial charge in [0.25, 0.3) is 0 Å². The Morgan fingerprint density at radius 3 is 2.68 bits per heavy atom. The minimum Gasteiger partial charge on any atom is -0.484 e. The summed E-state index contributed by atoms with van der Waals surface area (Å²) >= 11 is 0. The monoisotopic (exact) mass is 447 g/mol. The highest BCUT2D eigenvalue weighted by Gasteiger charge is 2.22. The summed E-state index contributed by atoms with van der Waals surface area (Å²) in [6, 6.07) is 28.4. The van der Waals surface area contributed by atoms with Crippen molar-refractivity contribution in [2.75, 3.05) is 13.7 Å². The molecule has 0 unspecified atom stereocenters. The molecule has 0 amide bonds. The smallest absolute Gasteiger partial charge is 0.338 e. The lowest BCUT2D eigenvalue weighted by molar-refractivity contribution is 0.0600. The van der Waals surface area contributed by atoms with E-state index in [9.17, 15) is 4.79 Å². The van der Waals surface area contributed by atoms with Gasteiger partial charge in [-0.3, -0.25) is 4.99 Å². The summed E-state index contributed by atoms with van der Waals surface area (Å²) in [5, 5.41) is 2.37. The molecular formula is C30H25NO3. The van der Waals surface area contributed by atoms with E-state index in [1.807, 2.05) is 73.8 Å². The molecule has 34 heavy (non-hydrogen) atoms. The van der Waals surface area contributed by atoms with E-state index in [1.165, 1.54) is 17.9 Å². The van der Waals surface area contributed by atoms with E-state index < -0.39 is 0 Å². The van der Waals surface area contributed by atoms with Crippen molar-refractivity contribution in [1.29, 1.82) is 0 Å². The van der Waals surface area contributed by atoms with E-state index in [0.29, 0.717) is 12.1 Å². The van der Waals surface area contributed by atoms with Gasteiger partial charge in [-0.05, 0) is 52.6 Å². The largest absolute Gasteiger partial charge is 0.484 e. The number of aliphatic imine (C=N–C) groups is 1. The number of hydrogen-bond donors (Lipinski definition) is 0. The number of benzene rings is 4. The van der Waals surface area contributed by atoms with Crippen LogP contribution >= 0.6 is 0 Å². The van der Waals surface area contributed by atoms with Gasteiger partial charge in [0.15, 0.2) is 0 Å². The Bertz CT molecular complexity index is 1430. The lowest BCUT2D eigenvalue weighted by Gasteiger charge is -2.25. The minimum atomic E-state index is -0.337. The number of nitrogens with zero attached hydrogens (tertiary/aromatic N) is 1. The van der Waals surface area contributed by atoms with Gasteiger partial charge in [-0.2, -0.15) is 0 Å². The van der Waals surface area contributed by atoms with Crippen molar-refractivity contribution < 1.29 is 14.3 Å². The Labute approximate surface area is 199 Å². The molecule has 0 N–H and O–H groups in total. The van der Waals surface area contributed by atoms with Crippen LogP contribution in [0.4, 0.5) is 0 Å².